The third-order valence-corrected chi connectivity index (χ3v) is 3.37. The molecule has 0 fully saturated rings. The van der Waals surface area contributed by atoms with E-state index in [0.29, 0.717) is 0 Å². The number of halogens is 2. The van der Waals surface area contributed by atoms with Crippen LogP contribution >= 0.6 is 0 Å². The first-order valence-corrected chi connectivity index (χ1v) is 6.67. The van der Waals surface area contributed by atoms with Gasteiger partial charge in [-0.05, 0) is 42.8 Å². The van der Waals surface area contributed by atoms with Gasteiger partial charge in [-0.3, -0.25) is 4.79 Å². The summed E-state index contributed by atoms with van der Waals surface area (Å²) in [6.07, 6.45) is -1.07. The van der Waals surface area contributed by atoms with Gasteiger partial charge in [0.15, 0.2) is 0 Å². The van der Waals surface area contributed by atoms with E-state index in [9.17, 15) is 18.7 Å². The Labute approximate surface area is 124 Å². The highest BCUT2D eigenvalue weighted by Crippen LogP contribution is 2.29. The summed E-state index contributed by atoms with van der Waals surface area (Å²) in [5, 5.41) is 9.92. The summed E-state index contributed by atoms with van der Waals surface area (Å²) in [6, 6.07) is 8.96. The van der Waals surface area contributed by atoms with E-state index in [1.165, 1.54) is 43.3 Å². The van der Waals surface area contributed by atoms with Gasteiger partial charge in [-0.15, -0.1) is 0 Å². The van der Waals surface area contributed by atoms with Crippen molar-refractivity contribution in [2.75, 3.05) is 0 Å². The maximum absolute atomic E-state index is 13.4. The minimum atomic E-state index is -1.07. The van der Waals surface area contributed by atoms with E-state index in [2.05, 4.69) is 0 Å². The van der Waals surface area contributed by atoms with E-state index in [1.807, 2.05) is 0 Å². The van der Waals surface area contributed by atoms with Gasteiger partial charge in [0.25, 0.3) is 0 Å². The fourth-order valence-electron chi connectivity index (χ4n) is 2.40. The van der Waals surface area contributed by atoms with E-state index in [4.69, 9.17) is 4.42 Å². The second-order valence-electron chi connectivity index (χ2n) is 5.00. The Kier molecular flexibility index (Phi) is 3.50. The Morgan fingerprint density at radius 1 is 1.09 bits per heavy atom. The summed E-state index contributed by atoms with van der Waals surface area (Å²) < 4.78 is 32.4. The zero-order valence-electron chi connectivity index (χ0n) is 11.6. The SMILES string of the molecule is C[C@H](O)c1oc2ccc(F)cc2c(=O)c1-c1cccc(F)c1. The largest absolute Gasteiger partial charge is 0.457 e. The summed E-state index contributed by atoms with van der Waals surface area (Å²) in [5.41, 5.74) is -0.0342. The Balaban J connectivity index is 2.43. The Bertz CT molecular complexity index is 913. The van der Waals surface area contributed by atoms with Crippen LogP contribution in [0.2, 0.25) is 0 Å². The zero-order chi connectivity index (χ0) is 15.9. The first-order chi connectivity index (χ1) is 10.5. The molecule has 0 aliphatic carbocycles. The number of benzene rings is 2. The molecule has 3 rings (SSSR count). The highest BCUT2D eigenvalue weighted by Gasteiger charge is 2.20. The fraction of sp³-hybridized carbons (Fsp3) is 0.118. The second-order valence-corrected chi connectivity index (χ2v) is 5.00. The van der Waals surface area contributed by atoms with Crippen molar-refractivity contribution in [3.63, 3.8) is 0 Å². The third kappa shape index (κ3) is 2.40. The normalized spacial score (nSPS) is 12.5. The maximum atomic E-state index is 13.4. The predicted octanol–water partition coefficient (Wildman–Crippen LogP) is 3.79. The van der Waals surface area contributed by atoms with Crippen LogP contribution in [0.1, 0.15) is 18.8 Å². The molecule has 0 saturated carbocycles. The standard InChI is InChI=1S/C17H12F2O3/c1-9(20)17-15(10-3-2-4-11(18)7-10)16(21)13-8-12(19)5-6-14(13)22-17/h2-9,20H,1H3/t9-/m0/s1. The molecule has 0 unspecified atom stereocenters. The van der Waals surface area contributed by atoms with Crippen molar-refractivity contribution in [3.05, 3.63) is 70.1 Å². The lowest BCUT2D eigenvalue weighted by molar-refractivity contribution is 0.171. The average molecular weight is 302 g/mol. The van der Waals surface area contributed by atoms with Crippen LogP contribution in [0.15, 0.2) is 51.7 Å². The molecule has 1 atom stereocenters. The first-order valence-electron chi connectivity index (χ1n) is 6.67. The van der Waals surface area contributed by atoms with Gasteiger partial charge in [0.05, 0.1) is 10.9 Å². The summed E-state index contributed by atoms with van der Waals surface area (Å²) in [5.74, 6) is -1.07. The molecule has 2 aromatic carbocycles. The monoisotopic (exact) mass is 302 g/mol. The van der Waals surface area contributed by atoms with Crippen molar-refractivity contribution in [1.29, 1.82) is 0 Å². The zero-order valence-corrected chi connectivity index (χ0v) is 11.6. The van der Waals surface area contributed by atoms with Crippen molar-refractivity contribution < 1.29 is 18.3 Å². The molecule has 112 valence electrons. The molecule has 0 bridgehead atoms. The average Bonchev–Trinajstić information content (AvgIpc) is 2.47. The Hall–Kier alpha value is -2.53. The van der Waals surface area contributed by atoms with Gasteiger partial charge in [0, 0.05) is 0 Å². The molecule has 5 heteroatoms. The van der Waals surface area contributed by atoms with Crippen molar-refractivity contribution in [2.45, 2.75) is 13.0 Å². The van der Waals surface area contributed by atoms with E-state index < -0.39 is 23.2 Å². The number of fused-ring (bicyclic) bond motifs is 1. The molecule has 0 amide bonds. The molecule has 0 aliphatic rings. The topological polar surface area (TPSA) is 50.4 Å². The molecule has 22 heavy (non-hydrogen) atoms. The summed E-state index contributed by atoms with van der Waals surface area (Å²) in [7, 11) is 0. The van der Waals surface area contributed by atoms with Crippen molar-refractivity contribution in [2.24, 2.45) is 0 Å². The van der Waals surface area contributed by atoms with Crippen LogP contribution in [0.25, 0.3) is 22.1 Å². The predicted molar refractivity (Wildman–Crippen MR) is 78.5 cm³/mol. The van der Waals surface area contributed by atoms with Crippen molar-refractivity contribution >= 4 is 11.0 Å². The molecule has 0 aliphatic heterocycles. The highest BCUT2D eigenvalue weighted by atomic mass is 19.1. The molecule has 0 radical (unpaired) electrons. The minimum Gasteiger partial charge on any atom is -0.457 e. The molecular weight excluding hydrogens is 290 g/mol. The molecule has 1 N–H and O–H groups in total. The fourth-order valence-corrected chi connectivity index (χ4v) is 2.40. The van der Waals surface area contributed by atoms with E-state index >= 15 is 0 Å². The second kappa shape index (κ2) is 5.35. The van der Waals surface area contributed by atoms with Gasteiger partial charge < -0.3 is 9.52 Å². The van der Waals surface area contributed by atoms with E-state index in [-0.39, 0.29) is 27.9 Å². The van der Waals surface area contributed by atoms with Gasteiger partial charge in [-0.2, -0.15) is 0 Å². The lowest BCUT2D eigenvalue weighted by atomic mass is 10.00. The summed E-state index contributed by atoms with van der Waals surface area (Å²) in [6.45, 7) is 1.44. The highest BCUT2D eigenvalue weighted by molar-refractivity contribution is 5.83. The molecule has 1 aromatic heterocycles. The molecule has 3 nitrogen and oxygen atoms in total. The van der Waals surface area contributed by atoms with Gasteiger partial charge >= 0.3 is 0 Å². The van der Waals surface area contributed by atoms with Crippen LogP contribution in [0.4, 0.5) is 8.78 Å². The number of hydrogen-bond acceptors (Lipinski definition) is 3. The molecule has 1 heterocycles. The van der Waals surface area contributed by atoms with Crippen molar-refractivity contribution in [1.82, 2.24) is 0 Å². The molecular formula is C17H12F2O3. The minimum absolute atomic E-state index is 0.0229. The van der Waals surface area contributed by atoms with Crippen LogP contribution in [0.3, 0.4) is 0 Å². The molecule has 0 saturated heterocycles. The first kappa shape index (κ1) is 14.4. The van der Waals surface area contributed by atoms with Crippen LogP contribution in [-0.2, 0) is 0 Å². The molecule has 3 aromatic rings. The third-order valence-electron chi connectivity index (χ3n) is 3.37. The summed E-state index contributed by atoms with van der Waals surface area (Å²) >= 11 is 0. The maximum Gasteiger partial charge on any atom is 0.200 e. The van der Waals surface area contributed by atoms with E-state index in [1.54, 1.807) is 0 Å². The lowest BCUT2D eigenvalue weighted by Gasteiger charge is -2.12. The smallest absolute Gasteiger partial charge is 0.200 e. The summed E-state index contributed by atoms with van der Waals surface area (Å²) in [4.78, 5) is 12.7. The Morgan fingerprint density at radius 3 is 2.50 bits per heavy atom. The number of aliphatic hydroxyl groups excluding tert-OH is 1. The molecule has 0 spiro atoms. The number of aliphatic hydroxyl groups is 1. The number of rotatable bonds is 2. The van der Waals surface area contributed by atoms with Crippen LogP contribution < -0.4 is 5.43 Å². The lowest BCUT2D eigenvalue weighted by Crippen LogP contribution is -2.11. The van der Waals surface area contributed by atoms with Crippen LogP contribution in [0, 0.1) is 11.6 Å². The van der Waals surface area contributed by atoms with Crippen molar-refractivity contribution in [3.8, 4) is 11.1 Å². The number of hydrogen-bond donors (Lipinski definition) is 1. The van der Waals surface area contributed by atoms with Gasteiger partial charge in [0.2, 0.25) is 5.43 Å². The Morgan fingerprint density at radius 2 is 1.82 bits per heavy atom. The van der Waals surface area contributed by atoms with Gasteiger partial charge in [-0.25, -0.2) is 8.78 Å². The quantitative estimate of drug-likeness (QED) is 0.783. The van der Waals surface area contributed by atoms with Gasteiger partial charge in [0.1, 0.15) is 29.1 Å². The van der Waals surface area contributed by atoms with E-state index in [0.717, 1.165) is 6.07 Å². The van der Waals surface area contributed by atoms with Gasteiger partial charge in [-0.1, -0.05) is 12.1 Å². The van der Waals surface area contributed by atoms with Crippen LogP contribution in [0.5, 0.6) is 0 Å². The van der Waals surface area contributed by atoms with Crippen LogP contribution in [-0.4, -0.2) is 5.11 Å².